The summed E-state index contributed by atoms with van der Waals surface area (Å²) in [5.41, 5.74) is 3.25. The third-order valence-corrected chi connectivity index (χ3v) is 4.83. The van der Waals surface area contributed by atoms with Gasteiger partial charge in [0.25, 0.3) is 0 Å². The molecule has 0 saturated carbocycles. The van der Waals surface area contributed by atoms with Gasteiger partial charge in [-0.05, 0) is 25.5 Å². The number of rotatable bonds is 5. The summed E-state index contributed by atoms with van der Waals surface area (Å²) >= 11 is 0. The standard InChI is InChI=1S/C21H18FN7O/c1-13-9-16(27-30-13)11-29-14(2)24-20(26-29)19-12-28-8-7-23-21(28)18(25-19)10-15-5-3-4-6-17(15)22/h3-9,12H,10-11H2,1-2H3. The third kappa shape index (κ3) is 3.34. The molecule has 0 N–H and O–H groups in total. The van der Waals surface area contributed by atoms with Gasteiger partial charge < -0.3 is 8.92 Å². The fourth-order valence-electron chi connectivity index (χ4n) is 3.37. The first-order valence-electron chi connectivity index (χ1n) is 9.47. The second kappa shape index (κ2) is 7.18. The van der Waals surface area contributed by atoms with Crippen molar-refractivity contribution < 1.29 is 8.91 Å². The maximum Gasteiger partial charge on any atom is 0.201 e. The first-order chi connectivity index (χ1) is 14.6. The molecule has 0 aliphatic heterocycles. The van der Waals surface area contributed by atoms with Gasteiger partial charge in [-0.3, -0.25) is 0 Å². The van der Waals surface area contributed by atoms with E-state index in [0.29, 0.717) is 41.4 Å². The van der Waals surface area contributed by atoms with E-state index in [4.69, 9.17) is 9.51 Å². The van der Waals surface area contributed by atoms with Crippen LogP contribution in [0.1, 0.15) is 28.5 Å². The van der Waals surface area contributed by atoms with Gasteiger partial charge in [0.05, 0.1) is 12.2 Å². The topological polar surface area (TPSA) is 86.9 Å². The number of fused-ring (bicyclic) bond motifs is 1. The molecule has 4 aromatic heterocycles. The highest BCUT2D eigenvalue weighted by Gasteiger charge is 2.16. The molecule has 150 valence electrons. The Morgan fingerprint density at radius 3 is 2.80 bits per heavy atom. The van der Waals surface area contributed by atoms with E-state index in [1.807, 2.05) is 42.8 Å². The van der Waals surface area contributed by atoms with Crippen molar-refractivity contribution in [2.24, 2.45) is 0 Å². The molecule has 0 radical (unpaired) electrons. The molecule has 4 heterocycles. The summed E-state index contributed by atoms with van der Waals surface area (Å²) in [6.45, 7) is 4.17. The predicted octanol–water partition coefficient (Wildman–Crippen LogP) is 3.37. The van der Waals surface area contributed by atoms with Gasteiger partial charge in [0.2, 0.25) is 5.82 Å². The van der Waals surface area contributed by atoms with Crippen molar-refractivity contribution in [2.75, 3.05) is 0 Å². The Bertz CT molecular complexity index is 1350. The third-order valence-electron chi connectivity index (χ3n) is 4.83. The van der Waals surface area contributed by atoms with Crippen molar-refractivity contribution in [3.8, 4) is 11.5 Å². The van der Waals surface area contributed by atoms with Crippen molar-refractivity contribution in [2.45, 2.75) is 26.8 Å². The Labute approximate surface area is 171 Å². The van der Waals surface area contributed by atoms with Gasteiger partial charge in [-0.2, -0.15) is 0 Å². The number of hydrogen-bond donors (Lipinski definition) is 0. The summed E-state index contributed by atoms with van der Waals surface area (Å²) in [6.07, 6.45) is 5.66. The lowest BCUT2D eigenvalue weighted by Gasteiger charge is -2.07. The normalized spacial score (nSPS) is 11.4. The van der Waals surface area contributed by atoms with Crippen molar-refractivity contribution in [3.05, 3.63) is 83.3 Å². The molecule has 30 heavy (non-hydrogen) atoms. The van der Waals surface area contributed by atoms with E-state index in [0.717, 1.165) is 17.3 Å². The van der Waals surface area contributed by atoms with Crippen molar-refractivity contribution in [3.63, 3.8) is 0 Å². The van der Waals surface area contributed by atoms with Crippen LogP contribution in [0.3, 0.4) is 0 Å². The minimum Gasteiger partial charge on any atom is -0.361 e. The molecule has 0 unspecified atom stereocenters. The summed E-state index contributed by atoms with van der Waals surface area (Å²) in [7, 11) is 0. The molecule has 5 rings (SSSR count). The van der Waals surface area contributed by atoms with Crippen LogP contribution in [0, 0.1) is 19.7 Å². The van der Waals surface area contributed by atoms with Gasteiger partial charge in [-0.15, -0.1) is 5.10 Å². The van der Waals surface area contributed by atoms with E-state index < -0.39 is 0 Å². The zero-order valence-corrected chi connectivity index (χ0v) is 16.4. The first-order valence-corrected chi connectivity index (χ1v) is 9.47. The average Bonchev–Trinajstić information content (AvgIpc) is 3.45. The lowest BCUT2D eigenvalue weighted by molar-refractivity contribution is 0.387. The molecular formula is C21H18FN7O. The Kier molecular flexibility index (Phi) is 4.35. The van der Waals surface area contributed by atoms with Crippen LogP contribution in [0.4, 0.5) is 4.39 Å². The van der Waals surface area contributed by atoms with E-state index in [2.05, 4.69) is 20.2 Å². The van der Waals surface area contributed by atoms with Gasteiger partial charge in [-0.25, -0.2) is 24.0 Å². The summed E-state index contributed by atoms with van der Waals surface area (Å²) in [6, 6.07) is 8.54. The van der Waals surface area contributed by atoms with Crippen LogP contribution in [0.25, 0.3) is 17.2 Å². The fraction of sp³-hybridized carbons (Fsp3) is 0.190. The number of nitrogens with zero attached hydrogens (tertiary/aromatic N) is 7. The largest absolute Gasteiger partial charge is 0.361 e. The second-order valence-electron chi connectivity index (χ2n) is 7.07. The van der Waals surface area contributed by atoms with Gasteiger partial charge in [0, 0.05) is 31.1 Å². The van der Waals surface area contributed by atoms with Crippen molar-refractivity contribution in [1.82, 2.24) is 34.3 Å². The number of hydrogen-bond acceptors (Lipinski definition) is 6. The predicted molar refractivity (Wildman–Crippen MR) is 106 cm³/mol. The quantitative estimate of drug-likeness (QED) is 0.447. The van der Waals surface area contributed by atoms with Gasteiger partial charge in [-0.1, -0.05) is 23.4 Å². The minimum atomic E-state index is -0.268. The molecule has 1 aromatic carbocycles. The maximum atomic E-state index is 14.2. The second-order valence-corrected chi connectivity index (χ2v) is 7.07. The van der Waals surface area contributed by atoms with Crippen LogP contribution >= 0.6 is 0 Å². The summed E-state index contributed by atoms with van der Waals surface area (Å²) in [4.78, 5) is 13.7. The molecule has 0 bridgehead atoms. The zero-order chi connectivity index (χ0) is 20.7. The lowest BCUT2D eigenvalue weighted by Crippen LogP contribution is -2.05. The van der Waals surface area contributed by atoms with E-state index in [-0.39, 0.29) is 5.82 Å². The molecule has 8 nitrogen and oxygen atoms in total. The Morgan fingerprint density at radius 2 is 2.00 bits per heavy atom. The highest BCUT2D eigenvalue weighted by Crippen LogP contribution is 2.20. The number of aromatic nitrogens is 7. The van der Waals surface area contributed by atoms with Crippen molar-refractivity contribution >= 4 is 5.65 Å². The van der Waals surface area contributed by atoms with Gasteiger partial charge in [0.1, 0.15) is 28.8 Å². The first kappa shape index (κ1) is 18.2. The van der Waals surface area contributed by atoms with Gasteiger partial charge in [0.15, 0.2) is 5.65 Å². The molecule has 9 heteroatoms. The number of aryl methyl sites for hydroxylation is 2. The molecule has 0 aliphatic rings. The van der Waals surface area contributed by atoms with Gasteiger partial charge >= 0.3 is 0 Å². The molecule has 0 amide bonds. The SMILES string of the molecule is Cc1cc(Cn2nc(-c3cn4ccnc4c(Cc4ccccc4F)n3)nc2C)no1. The van der Waals surface area contributed by atoms with E-state index >= 15 is 0 Å². The number of halogens is 1. The molecule has 0 saturated heterocycles. The zero-order valence-electron chi connectivity index (χ0n) is 16.4. The fourth-order valence-corrected chi connectivity index (χ4v) is 3.37. The monoisotopic (exact) mass is 403 g/mol. The summed E-state index contributed by atoms with van der Waals surface area (Å²) in [5.74, 6) is 1.69. The molecule has 0 fully saturated rings. The van der Waals surface area contributed by atoms with Crippen LogP contribution in [0.2, 0.25) is 0 Å². The molecular weight excluding hydrogens is 385 g/mol. The highest BCUT2D eigenvalue weighted by atomic mass is 19.1. The Morgan fingerprint density at radius 1 is 1.13 bits per heavy atom. The van der Waals surface area contributed by atoms with E-state index in [1.165, 1.54) is 6.07 Å². The molecule has 0 atom stereocenters. The molecule has 0 aliphatic carbocycles. The van der Waals surface area contributed by atoms with Crippen LogP contribution in [0.15, 0.2) is 53.4 Å². The van der Waals surface area contributed by atoms with Crippen molar-refractivity contribution in [1.29, 1.82) is 0 Å². The summed E-state index contributed by atoms with van der Waals surface area (Å²) in [5, 5.41) is 8.61. The maximum absolute atomic E-state index is 14.2. The lowest BCUT2D eigenvalue weighted by atomic mass is 10.1. The van der Waals surface area contributed by atoms with Crippen LogP contribution in [-0.2, 0) is 13.0 Å². The number of benzene rings is 1. The Balaban J connectivity index is 1.53. The Hall–Kier alpha value is -3.88. The van der Waals surface area contributed by atoms with Crippen LogP contribution in [-0.4, -0.2) is 34.3 Å². The molecule has 0 spiro atoms. The minimum absolute atomic E-state index is 0.268. The van der Waals surface area contributed by atoms with E-state index in [9.17, 15) is 4.39 Å². The smallest absolute Gasteiger partial charge is 0.201 e. The summed E-state index contributed by atoms with van der Waals surface area (Å²) < 4.78 is 22.9. The average molecular weight is 403 g/mol. The number of imidazole rings is 1. The van der Waals surface area contributed by atoms with Crippen LogP contribution < -0.4 is 0 Å². The molecule has 5 aromatic rings. The van der Waals surface area contributed by atoms with E-state index in [1.54, 1.807) is 23.0 Å². The highest BCUT2D eigenvalue weighted by molar-refractivity contribution is 5.55. The van der Waals surface area contributed by atoms with Crippen LogP contribution in [0.5, 0.6) is 0 Å².